The fraction of sp³-hybridized carbons (Fsp3) is 0.476. The number of rotatable bonds is 7. The molecule has 0 radical (unpaired) electrons. The Morgan fingerprint density at radius 2 is 1.91 bits per heavy atom. The largest absolute Gasteiger partial charge is 0.294 e. The lowest BCUT2D eigenvalue weighted by Gasteiger charge is -2.21. The van der Waals surface area contributed by atoms with Crippen LogP contribution >= 0.6 is 35.0 Å². The van der Waals surface area contributed by atoms with Crippen molar-refractivity contribution in [1.82, 2.24) is 20.2 Å². The molecule has 3 aliphatic carbocycles. The molecule has 12 heteroatoms. The molecule has 1 aromatic carbocycles. The Morgan fingerprint density at radius 1 is 1.18 bits per heavy atom. The van der Waals surface area contributed by atoms with E-state index in [1.165, 1.54) is 23.9 Å². The van der Waals surface area contributed by atoms with Crippen LogP contribution in [0.5, 0.6) is 0 Å². The summed E-state index contributed by atoms with van der Waals surface area (Å²) in [5.41, 5.74) is 0.341. The van der Waals surface area contributed by atoms with Gasteiger partial charge >= 0.3 is 0 Å². The molecule has 0 N–H and O–H groups in total. The summed E-state index contributed by atoms with van der Waals surface area (Å²) in [5, 5.41) is 12.6. The number of Topliss-reactive ketones (excluding diaryl/α,β-unsaturated/α-hetero) is 2. The van der Waals surface area contributed by atoms with Gasteiger partial charge in [-0.25, -0.2) is 13.1 Å². The Morgan fingerprint density at radius 3 is 2.61 bits per heavy atom. The maximum absolute atomic E-state index is 13.4. The third-order valence-electron chi connectivity index (χ3n) is 6.42. The maximum atomic E-state index is 13.4. The molecule has 0 saturated heterocycles. The van der Waals surface area contributed by atoms with Crippen LogP contribution in [0.4, 0.5) is 0 Å². The number of aromatic nitrogens is 4. The third kappa shape index (κ3) is 4.15. The number of nitrogens with zero attached hydrogens (tertiary/aromatic N) is 4. The van der Waals surface area contributed by atoms with Crippen LogP contribution in [0, 0.1) is 11.8 Å². The number of benzene rings is 1. The van der Waals surface area contributed by atoms with Crippen LogP contribution in [0.3, 0.4) is 0 Å². The number of thioether (sulfide) groups is 1. The Balaban J connectivity index is 1.53. The van der Waals surface area contributed by atoms with Gasteiger partial charge in [-0.3, -0.25) is 9.59 Å². The molecule has 174 valence electrons. The lowest BCUT2D eigenvalue weighted by Crippen LogP contribution is -2.26. The molecule has 0 aliphatic heterocycles. The van der Waals surface area contributed by atoms with E-state index in [1.807, 2.05) is 0 Å². The van der Waals surface area contributed by atoms with Crippen LogP contribution in [0.1, 0.15) is 54.1 Å². The van der Waals surface area contributed by atoms with E-state index in [9.17, 15) is 18.0 Å². The number of sulfone groups is 1. The molecular weight excluding hydrogens is 507 g/mol. The quantitative estimate of drug-likeness (QED) is 0.302. The summed E-state index contributed by atoms with van der Waals surface area (Å²) >= 11 is 14.4. The third-order valence-corrected chi connectivity index (χ3v) is 9.49. The zero-order chi connectivity index (χ0) is 23.5. The minimum atomic E-state index is -3.63. The standard InChI is InChI=1S/C21H20Cl2N4O4S2/c1-33(30,31)15-7-6-13(20(29)16-17(22)10-2-3-11(8-10)19(16)28)18(23)14(15)9-32-21-24-25-26-27(21)12-4-5-12/h6-7,10-12H,2-5,8-9H2,1H3. The molecule has 1 heterocycles. The van der Waals surface area contributed by atoms with Crippen molar-refractivity contribution in [1.29, 1.82) is 0 Å². The van der Waals surface area contributed by atoms with Crippen LogP contribution in [0.25, 0.3) is 0 Å². The second kappa shape index (κ2) is 8.48. The van der Waals surface area contributed by atoms with E-state index in [4.69, 9.17) is 23.2 Å². The first-order chi connectivity index (χ1) is 15.7. The Kier molecular flexibility index (Phi) is 5.91. The van der Waals surface area contributed by atoms with Crippen molar-refractivity contribution < 1.29 is 18.0 Å². The van der Waals surface area contributed by atoms with Crippen molar-refractivity contribution in [2.75, 3.05) is 6.26 Å². The molecule has 2 aromatic rings. The number of carbonyl (C=O) groups is 2. The first kappa shape index (κ1) is 23.0. The SMILES string of the molecule is CS(=O)(=O)c1ccc(C(=O)C2=C(Cl)C3CCC(C3)C2=O)c(Cl)c1CSc1nnnn1C1CC1. The molecule has 2 saturated carbocycles. The summed E-state index contributed by atoms with van der Waals surface area (Å²) in [7, 11) is -3.63. The second-order valence-electron chi connectivity index (χ2n) is 8.73. The van der Waals surface area contributed by atoms with E-state index in [0.29, 0.717) is 16.6 Å². The van der Waals surface area contributed by atoms with Crippen molar-refractivity contribution in [3.05, 3.63) is 38.9 Å². The topological polar surface area (TPSA) is 112 Å². The molecular formula is C21H20Cl2N4O4S2. The lowest BCUT2D eigenvalue weighted by molar-refractivity contribution is -0.119. The van der Waals surface area contributed by atoms with Gasteiger partial charge in [-0.15, -0.1) is 5.10 Å². The van der Waals surface area contributed by atoms with Crippen molar-refractivity contribution in [3.63, 3.8) is 0 Å². The van der Waals surface area contributed by atoms with Gasteiger partial charge in [0, 0.05) is 34.1 Å². The first-order valence-corrected chi connectivity index (χ1v) is 14.2. The fourth-order valence-corrected chi connectivity index (χ4v) is 7.40. The maximum Gasteiger partial charge on any atom is 0.209 e. The van der Waals surface area contributed by atoms with Crippen LogP contribution in [-0.2, 0) is 20.4 Å². The van der Waals surface area contributed by atoms with Gasteiger partial charge in [-0.1, -0.05) is 35.0 Å². The van der Waals surface area contributed by atoms with Gasteiger partial charge in [0.1, 0.15) is 0 Å². The number of allylic oxidation sites excluding steroid dienone is 2. The number of carbonyl (C=O) groups excluding carboxylic acids is 2. The summed E-state index contributed by atoms with van der Waals surface area (Å²) in [6.45, 7) is 0. The van der Waals surface area contributed by atoms with Gasteiger partial charge in [-0.05, 0) is 60.6 Å². The predicted octanol–water partition coefficient (Wildman–Crippen LogP) is 4.03. The highest BCUT2D eigenvalue weighted by Crippen LogP contribution is 2.46. The number of hydrogen-bond acceptors (Lipinski definition) is 8. The predicted molar refractivity (Wildman–Crippen MR) is 123 cm³/mol. The van der Waals surface area contributed by atoms with Crippen LogP contribution in [0.15, 0.2) is 32.8 Å². The number of tetrazole rings is 1. The average Bonchev–Trinajstić information content (AvgIpc) is 3.32. The van der Waals surface area contributed by atoms with E-state index in [1.54, 1.807) is 4.68 Å². The van der Waals surface area contributed by atoms with Crippen LogP contribution in [-0.4, -0.2) is 46.4 Å². The molecule has 2 atom stereocenters. The molecule has 2 unspecified atom stereocenters. The smallest absolute Gasteiger partial charge is 0.209 e. The summed E-state index contributed by atoms with van der Waals surface area (Å²) in [6.07, 6.45) is 5.24. The molecule has 2 bridgehead atoms. The molecule has 3 aliphatic rings. The minimum absolute atomic E-state index is 0.00329. The zero-order valence-corrected chi connectivity index (χ0v) is 20.8. The van der Waals surface area contributed by atoms with Crippen LogP contribution < -0.4 is 0 Å². The van der Waals surface area contributed by atoms with E-state index in [2.05, 4.69) is 15.5 Å². The summed E-state index contributed by atoms with van der Waals surface area (Å²) in [5.74, 6) is -0.843. The lowest BCUT2D eigenvalue weighted by atomic mass is 9.84. The molecule has 8 nitrogen and oxygen atoms in total. The van der Waals surface area contributed by atoms with Gasteiger partial charge in [0.05, 0.1) is 21.5 Å². The van der Waals surface area contributed by atoms with Crippen molar-refractivity contribution >= 4 is 56.4 Å². The van der Waals surface area contributed by atoms with Gasteiger partial charge in [0.15, 0.2) is 21.4 Å². The Hall–Kier alpha value is -1.75. The number of hydrogen-bond donors (Lipinski definition) is 0. The minimum Gasteiger partial charge on any atom is -0.294 e. The highest BCUT2D eigenvalue weighted by Gasteiger charge is 2.43. The van der Waals surface area contributed by atoms with Crippen molar-refractivity contribution in [2.24, 2.45) is 11.8 Å². The molecule has 0 amide bonds. The Labute approximate surface area is 205 Å². The highest BCUT2D eigenvalue weighted by atomic mass is 35.5. The van der Waals surface area contributed by atoms with E-state index < -0.39 is 15.6 Å². The molecule has 2 fully saturated rings. The van der Waals surface area contributed by atoms with E-state index in [0.717, 1.165) is 31.9 Å². The number of fused-ring (bicyclic) bond motifs is 2. The number of halogens is 2. The van der Waals surface area contributed by atoms with Crippen molar-refractivity contribution in [3.8, 4) is 0 Å². The first-order valence-electron chi connectivity index (χ1n) is 10.6. The molecule has 0 spiro atoms. The highest BCUT2D eigenvalue weighted by molar-refractivity contribution is 7.98. The molecule has 1 aromatic heterocycles. The van der Waals surface area contributed by atoms with E-state index >= 15 is 0 Å². The van der Waals surface area contributed by atoms with Crippen molar-refractivity contribution in [2.45, 2.75) is 54.0 Å². The van der Waals surface area contributed by atoms with Gasteiger partial charge < -0.3 is 0 Å². The summed E-state index contributed by atoms with van der Waals surface area (Å²) in [4.78, 5) is 26.3. The second-order valence-corrected chi connectivity index (χ2v) is 12.4. The summed E-state index contributed by atoms with van der Waals surface area (Å²) < 4.78 is 26.6. The normalized spacial score (nSPS) is 22.8. The fourth-order valence-electron chi connectivity index (χ4n) is 4.56. The van der Waals surface area contributed by atoms with Gasteiger partial charge in [0.2, 0.25) is 5.16 Å². The zero-order valence-electron chi connectivity index (χ0n) is 17.6. The Bertz CT molecular complexity index is 1320. The van der Waals surface area contributed by atoms with E-state index in [-0.39, 0.29) is 56.0 Å². The monoisotopic (exact) mass is 526 g/mol. The van der Waals surface area contributed by atoms with Crippen LogP contribution in [0.2, 0.25) is 5.02 Å². The average molecular weight is 527 g/mol. The van der Waals surface area contributed by atoms with Gasteiger partial charge in [0.25, 0.3) is 0 Å². The molecule has 33 heavy (non-hydrogen) atoms. The molecule has 5 rings (SSSR count). The number of ketones is 2. The van der Waals surface area contributed by atoms with Gasteiger partial charge in [-0.2, -0.15) is 0 Å². The summed E-state index contributed by atoms with van der Waals surface area (Å²) in [6, 6.07) is 2.98.